The summed E-state index contributed by atoms with van der Waals surface area (Å²) in [6.45, 7) is 8.72. The summed E-state index contributed by atoms with van der Waals surface area (Å²) in [7, 11) is 0. The number of anilines is 1. The lowest BCUT2D eigenvalue weighted by Gasteiger charge is -2.11. The van der Waals surface area contributed by atoms with Crippen molar-refractivity contribution in [3.05, 3.63) is 29.3 Å². The number of benzene rings is 1. The highest BCUT2D eigenvalue weighted by Gasteiger charge is 2.10. The molecule has 5 nitrogen and oxygen atoms in total. The van der Waals surface area contributed by atoms with Gasteiger partial charge in [0, 0.05) is 23.8 Å². The highest BCUT2D eigenvalue weighted by molar-refractivity contribution is 5.97. The van der Waals surface area contributed by atoms with Gasteiger partial charge in [-0.2, -0.15) is 0 Å². The van der Waals surface area contributed by atoms with Crippen LogP contribution >= 0.6 is 0 Å². The Labute approximate surface area is 126 Å². The van der Waals surface area contributed by atoms with Gasteiger partial charge < -0.3 is 16.0 Å². The number of hydrogen-bond acceptors (Lipinski definition) is 3. The number of amides is 2. The van der Waals surface area contributed by atoms with Gasteiger partial charge in [-0.3, -0.25) is 9.59 Å². The van der Waals surface area contributed by atoms with Crippen LogP contribution < -0.4 is 16.0 Å². The summed E-state index contributed by atoms with van der Waals surface area (Å²) in [6.07, 6.45) is 1.05. The van der Waals surface area contributed by atoms with E-state index in [1.165, 1.54) is 0 Å². The summed E-state index contributed by atoms with van der Waals surface area (Å²) < 4.78 is 0. The van der Waals surface area contributed by atoms with Crippen molar-refractivity contribution >= 4 is 17.5 Å². The zero-order valence-electron chi connectivity index (χ0n) is 13.2. The van der Waals surface area contributed by atoms with Gasteiger partial charge in [-0.25, -0.2) is 0 Å². The first-order chi connectivity index (χ1) is 9.93. The lowest BCUT2D eigenvalue weighted by atomic mass is 10.1. The summed E-state index contributed by atoms with van der Waals surface area (Å²) >= 11 is 0. The maximum Gasteiger partial charge on any atom is 0.251 e. The van der Waals surface area contributed by atoms with Gasteiger partial charge >= 0.3 is 0 Å². The van der Waals surface area contributed by atoms with Crippen LogP contribution in [0.1, 0.15) is 43.1 Å². The first kappa shape index (κ1) is 17.0. The lowest BCUT2D eigenvalue weighted by molar-refractivity contribution is -0.120. The molecule has 0 aliphatic carbocycles. The van der Waals surface area contributed by atoms with Crippen molar-refractivity contribution in [2.75, 3.05) is 18.4 Å². The van der Waals surface area contributed by atoms with Crippen LogP contribution in [-0.4, -0.2) is 30.9 Å². The van der Waals surface area contributed by atoms with Crippen molar-refractivity contribution in [3.63, 3.8) is 0 Å². The summed E-state index contributed by atoms with van der Waals surface area (Å²) in [5.74, 6) is -0.421. The molecule has 2 amide bonds. The van der Waals surface area contributed by atoms with E-state index >= 15 is 0 Å². The fourth-order valence-corrected chi connectivity index (χ4v) is 1.90. The molecule has 1 aromatic rings. The molecule has 5 heteroatoms. The molecule has 1 aromatic carbocycles. The largest absolute Gasteiger partial charge is 0.385 e. The molecule has 0 saturated carbocycles. The van der Waals surface area contributed by atoms with E-state index in [0.717, 1.165) is 24.2 Å². The molecule has 0 aliphatic heterocycles. The fourth-order valence-electron chi connectivity index (χ4n) is 1.90. The Morgan fingerprint density at radius 1 is 1.24 bits per heavy atom. The van der Waals surface area contributed by atoms with Gasteiger partial charge in [0.15, 0.2) is 0 Å². The Hall–Kier alpha value is -2.04. The van der Waals surface area contributed by atoms with Gasteiger partial charge in [0.1, 0.15) is 0 Å². The Morgan fingerprint density at radius 3 is 2.52 bits per heavy atom. The SMILES string of the molecule is CCCNc1ccc(C(=O)NCC(=O)NC(C)C)cc1C. The molecule has 21 heavy (non-hydrogen) atoms. The maximum absolute atomic E-state index is 12.0. The van der Waals surface area contributed by atoms with Crippen molar-refractivity contribution in [3.8, 4) is 0 Å². The van der Waals surface area contributed by atoms with Gasteiger partial charge in [-0.1, -0.05) is 6.92 Å². The molecule has 116 valence electrons. The predicted octanol–water partition coefficient (Wildman–Crippen LogP) is 2.07. The summed E-state index contributed by atoms with van der Waals surface area (Å²) in [6, 6.07) is 5.56. The van der Waals surface area contributed by atoms with E-state index in [1.54, 1.807) is 6.07 Å². The predicted molar refractivity (Wildman–Crippen MR) is 85.6 cm³/mol. The van der Waals surface area contributed by atoms with Gasteiger partial charge in [0.2, 0.25) is 5.91 Å². The number of carbonyl (C=O) groups is 2. The highest BCUT2D eigenvalue weighted by atomic mass is 16.2. The molecule has 0 spiro atoms. The molecule has 1 rings (SSSR count). The topological polar surface area (TPSA) is 70.2 Å². The second-order valence-electron chi connectivity index (χ2n) is 5.36. The number of aryl methyl sites for hydroxylation is 1. The molecule has 0 heterocycles. The van der Waals surface area contributed by atoms with Crippen molar-refractivity contribution in [2.45, 2.75) is 40.2 Å². The Kier molecular flexibility index (Phi) is 6.72. The molecule has 0 unspecified atom stereocenters. The summed E-state index contributed by atoms with van der Waals surface area (Å²) in [5.41, 5.74) is 2.61. The third kappa shape index (κ3) is 5.85. The van der Waals surface area contributed by atoms with Crippen LogP contribution in [0.25, 0.3) is 0 Å². The minimum atomic E-state index is -0.237. The molecule has 0 fully saturated rings. The average Bonchev–Trinajstić information content (AvgIpc) is 2.42. The van der Waals surface area contributed by atoms with Crippen LogP contribution in [0.5, 0.6) is 0 Å². The summed E-state index contributed by atoms with van der Waals surface area (Å²) in [5, 5.41) is 8.66. The van der Waals surface area contributed by atoms with Crippen LogP contribution in [0, 0.1) is 6.92 Å². The van der Waals surface area contributed by atoms with Crippen LogP contribution in [0.3, 0.4) is 0 Å². The van der Waals surface area contributed by atoms with Crippen LogP contribution in [0.4, 0.5) is 5.69 Å². The van der Waals surface area contributed by atoms with Gasteiger partial charge in [-0.15, -0.1) is 0 Å². The van der Waals surface area contributed by atoms with E-state index in [4.69, 9.17) is 0 Å². The third-order valence-electron chi connectivity index (χ3n) is 2.91. The minimum Gasteiger partial charge on any atom is -0.385 e. The first-order valence-electron chi connectivity index (χ1n) is 7.36. The normalized spacial score (nSPS) is 10.3. The summed E-state index contributed by atoms with van der Waals surface area (Å²) in [4.78, 5) is 23.5. The fraction of sp³-hybridized carbons (Fsp3) is 0.500. The maximum atomic E-state index is 12.0. The number of hydrogen-bond donors (Lipinski definition) is 3. The number of nitrogens with one attached hydrogen (secondary N) is 3. The van der Waals surface area contributed by atoms with E-state index < -0.39 is 0 Å². The minimum absolute atomic E-state index is 0.00804. The van der Waals surface area contributed by atoms with E-state index in [1.807, 2.05) is 32.9 Å². The second kappa shape index (κ2) is 8.29. The smallest absolute Gasteiger partial charge is 0.251 e. The second-order valence-corrected chi connectivity index (χ2v) is 5.36. The molecule has 0 bridgehead atoms. The molecule has 0 aromatic heterocycles. The van der Waals surface area contributed by atoms with E-state index in [0.29, 0.717) is 5.56 Å². The molecule has 3 N–H and O–H groups in total. The average molecular weight is 291 g/mol. The van der Waals surface area contributed by atoms with Gasteiger partial charge in [0.05, 0.1) is 6.54 Å². The molecule has 0 aliphatic rings. The van der Waals surface area contributed by atoms with E-state index in [9.17, 15) is 9.59 Å². The number of carbonyl (C=O) groups excluding carboxylic acids is 2. The Bertz CT molecular complexity index is 498. The van der Waals surface area contributed by atoms with E-state index in [2.05, 4.69) is 22.9 Å². The van der Waals surface area contributed by atoms with Crippen molar-refractivity contribution < 1.29 is 9.59 Å². The zero-order chi connectivity index (χ0) is 15.8. The van der Waals surface area contributed by atoms with Crippen LogP contribution in [0.2, 0.25) is 0 Å². The Balaban J connectivity index is 2.58. The third-order valence-corrected chi connectivity index (χ3v) is 2.91. The zero-order valence-corrected chi connectivity index (χ0v) is 13.2. The lowest BCUT2D eigenvalue weighted by Crippen LogP contribution is -2.39. The van der Waals surface area contributed by atoms with E-state index in [-0.39, 0.29) is 24.4 Å². The highest BCUT2D eigenvalue weighted by Crippen LogP contribution is 2.16. The molecular formula is C16H25N3O2. The Morgan fingerprint density at radius 2 is 1.95 bits per heavy atom. The van der Waals surface area contributed by atoms with Crippen molar-refractivity contribution in [1.29, 1.82) is 0 Å². The van der Waals surface area contributed by atoms with Crippen LogP contribution in [-0.2, 0) is 4.79 Å². The quantitative estimate of drug-likeness (QED) is 0.720. The molecule has 0 atom stereocenters. The van der Waals surface area contributed by atoms with Crippen molar-refractivity contribution in [2.24, 2.45) is 0 Å². The van der Waals surface area contributed by atoms with Crippen molar-refractivity contribution in [1.82, 2.24) is 10.6 Å². The molecule has 0 radical (unpaired) electrons. The molecule has 0 saturated heterocycles. The standard InChI is InChI=1S/C16H25N3O2/c1-5-8-17-14-7-6-13(9-12(14)4)16(21)18-10-15(20)19-11(2)3/h6-7,9,11,17H,5,8,10H2,1-4H3,(H,18,21)(H,19,20). The number of rotatable bonds is 7. The van der Waals surface area contributed by atoms with Gasteiger partial charge in [-0.05, 0) is 51.0 Å². The van der Waals surface area contributed by atoms with Crippen LogP contribution in [0.15, 0.2) is 18.2 Å². The van der Waals surface area contributed by atoms with Gasteiger partial charge in [0.25, 0.3) is 5.91 Å². The monoisotopic (exact) mass is 291 g/mol. The first-order valence-corrected chi connectivity index (χ1v) is 7.36. The molecular weight excluding hydrogens is 266 g/mol.